The predicted molar refractivity (Wildman–Crippen MR) is 64.1 cm³/mol. The first-order valence-corrected chi connectivity index (χ1v) is 5.78. The van der Waals surface area contributed by atoms with Crippen molar-refractivity contribution < 1.29 is 14.3 Å². The number of nitrogens with one attached hydrogen (secondary N) is 1. The van der Waals surface area contributed by atoms with Crippen LogP contribution in [0.25, 0.3) is 0 Å². The molecule has 0 aliphatic carbocycles. The molecule has 1 aromatic heterocycles. The molecule has 5 nitrogen and oxygen atoms in total. The van der Waals surface area contributed by atoms with Crippen molar-refractivity contribution in [1.29, 1.82) is 0 Å². The van der Waals surface area contributed by atoms with Crippen LogP contribution in [0.2, 0.25) is 0 Å². The molecule has 0 bridgehead atoms. The number of aromatic nitrogens is 2. The van der Waals surface area contributed by atoms with Crippen molar-refractivity contribution >= 4 is 5.78 Å². The maximum absolute atomic E-state index is 12.1. The Morgan fingerprint density at radius 1 is 1.17 bits per heavy atom. The molecule has 0 saturated heterocycles. The molecule has 2 aromatic rings. The Balaban J connectivity index is 1.94. The molecule has 3 rings (SSSR count). The smallest absolute Gasteiger partial charge is 0.210 e. The van der Waals surface area contributed by atoms with Gasteiger partial charge >= 0.3 is 0 Å². The average molecular weight is 244 g/mol. The zero-order valence-corrected chi connectivity index (χ0v) is 9.68. The largest absolute Gasteiger partial charge is 0.490 e. The van der Waals surface area contributed by atoms with E-state index in [1.54, 1.807) is 30.5 Å². The summed E-state index contributed by atoms with van der Waals surface area (Å²) < 4.78 is 11.1. The van der Waals surface area contributed by atoms with E-state index in [2.05, 4.69) is 10.2 Å². The van der Waals surface area contributed by atoms with E-state index < -0.39 is 0 Å². The molecule has 1 aliphatic heterocycles. The average Bonchev–Trinajstić information content (AvgIpc) is 2.83. The molecule has 1 aromatic carbocycles. The third kappa shape index (κ3) is 1.95. The van der Waals surface area contributed by atoms with E-state index >= 15 is 0 Å². The maximum atomic E-state index is 12.1. The van der Waals surface area contributed by atoms with Crippen molar-refractivity contribution in [3.05, 3.63) is 41.7 Å². The summed E-state index contributed by atoms with van der Waals surface area (Å²) in [5.41, 5.74) is 1.02. The van der Waals surface area contributed by atoms with Gasteiger partial charge < -0.3 is 9.47 Å². The molecule has 2 heterocycles. The molecule has 0 radical (unpaired) electrons. The van der Waals surface area contributed by atoms with Gasteiger partial charge in [-0.25, -0.2) is 0 Å². The van der Waals surface area contributed by atoms with Gasteiger partial charge in [0.2, 0.25) is 5.78 Å². The van der Waals surface area contributed by atoms with Crippen molar-refractivity contribution in [2.24, 2.45) is 0 Å². The zero-order valence-electron chi connectivity index (χ0n) is 9.68. The Bertz CT molecular complexity index is 564. The van der Waals surface area contributed by atoms with Crippen LogP contribution in [0.4, 0.5) is 0 Å². The summed E-state index contributed by atoms with van der Waals surface area (Å²) in [4.78, 5) is 12.1. The topological polar surface area (TPSA) is 64.2 Å². The lowest BCUT2D eigenvalue weighted by Crippen LogP contribution is -2.03. The molecule has 0 spiro atoms. The third-order valence-corrected chi connectivity index (χ3v) is 2.76. The lowest BCUT2D eigenvalue weighted by Gasteiger charge is -2.08. The van der Waals surface area contributed by atoms with Crippen LogP contribution in [0.3, 0.4) is 0 Å². The summed E-state index contributed by atoms with van der Waals surface area (Å²) in [5, 5.41) is 6.43. The number of hydrogen-bond donors (Lipinski definition) is 1. The van der Waals surface area contributed by atoms with E-state index in [1.165, 1.54) is 0 Å². The van der Waals surface area contributed by atoms with Crippen LogP contribution in [0, 0.1) is 0 Å². The standard InChI is InChI=1S/C13H12N2O3/c16-13(10-4-5-14-15-10)9-2-3-11-12(8-9)18-7-1-6-17-11/h2-5,8H,1,6-7H2,(H,14,15). The van der Waals surface area contributed by atoms with Crippen LogP contribution < -0.4 is 9.47 Å². The number of aromatic amines is 1. The minimum Gasteiger partial charge on any atom is -0.490 e. The first-order valence-electron chi connectivity index (χ1n) is 5.78. The van der Waals surface area contributed by atoms with E-state index in [4.69, 9.17) is 9.47 Å². The molecule has 0 fully saturated rings. The molecule has 0 amide bonds. The Morgan fingerprint density at radius 2 is 2.00 bits per heavy atom. The predicted octanol–water partition coefficient (Wildman–Crippen LogP) is 1.80. The Hall–Kier alpha value is -2.30. The number of fused-ring (bicyclic) bond motifs is 1. The summed E-state index contributed by atoms with van der Waals surface area (Å²) in [6.07, 6.45) is 2.40. The van der Waals surface area contributed by atoms with Gasteiger partial charge in [0.25, 0.3) is 0 Å². The van der Waals surface area contributed by atoms with Gasteiger partial charge in [0.1, 0.15) is 5.69 Å². The summed E-state index contributed by atoms with van der Waals surface area (Å²) in [5.74, 6) is 1.20. The van der Waals surface area contributed by atoms with Gasteiger partial charge in [-0.1, -0.05) is 0 Å². The quantitative estimate of drug-likeness (QED) is 0.818. The zero-order chi connectivity index (χ0) is 12.4. The maximum Gasteiger partial charge on any atom is 0.210 e. The van der Waals surface area contributed by atoms with Crippen LogP contribution in [-0.2, 0) is 0 Å². The van der Waals surface area contributed by atoms with Gasteiger partial charge in [0.15, 0.2) is 11.5 Å². The molecule has 1 aliphatic rings. The summed E-state index contributed by atoms with van der Waals surface area (Å²) in [6, 6.07) is 6.86. The fourth-order valence-electron chi connectivity index (χ4n) is 1.84. The highest BCUT2D eigenvalue weighted by Crippen LogP contribution is 2.30. The lowest BCUT2D eigenvalue weighted by molar-refractivity contribution is 0.103. The van der Waals surface area contributed by atoms with Gasteiger partial charge in [0.05, 0.1) is 13.2 Å². The Labute approximate surface area is 104 Å². The van der Waals surface area contributed by atoms with Gasteiger partial charge in [-0.2, -0.15) is 5.10 Å². The Kier molecular flexibility index (Phi) is 2.72. The van der Waals surface area contributed by atoms with Crippen LogP contribution >= 0.6 is 0 Å². The highest BCUT2D eigenvalue weighted by Gasteiger charge is 2.15. The minimum atomic E-state index is -0.108. The fraction of sp³-hybridized carbons (Fsp3) is 0.231. The second-order valence-corrected chi connectivity index (χ2v) is 4.01. The van der Waals surface area contributed by atoms with Gasteiger partial charge in [-0.3, -0.25) is 9.89 Å². The number of carbonyl (C=O) groups is 1. The lowest BCUT2D eigenvalue weighted by atomic mass is 10.1. The molecule has 0 saturated carbocycles. The Morgan fingerprint density at radius 3 is 2.78 bits per heavy atom. The molecular formula is C13H12N2O3. The van der Waals surface area contributed by atoms with E-state index in [0.717, 1.165) is 6.42 Å². The summed E-state index contributed by atoms with van der Waals surface area (Å²) >= 11 is 0. The van der Waals surface area contributed by atoms with Crippen LogP contribution in [0.1, 0.15) is 22.5 Å². The molecule has 0 atom stereocenters. The van der Waals surface area contributed by atoms with Crippen molar-refractivity contribution in [2.75, 3.05) is 13.2 Å². The van der Waals surface area contributed by atoms with Crippen molar-refractivity contribution in [3.63, 3.8) is 0 Å². The number of benzene rings is 1. The molecule has 5 heteroatoms. The van der Waals surface area contributed by atoms with E-state index in [1.807, 2.05) is 0 Å². The minimum absolute atomic E-state index is 0.108. The van der Waals surface area contributed by atoms with E-state index in [-0.39, 0.29) is 5.78 Å². The molecule has 1 N–H and O–H groups in total. The van der Waals surface area contributed by atoms with Gasteiger partial charge in [-0.05, 0) is 24.3 Å². The van der Waals surface area contributed by atoms with Crippen LogP contribution in [-0.4, -0.2) is 29.2 Å². The molecular weight excluding hydrogens is 232 g/mol. The van der Waals surface area contributed by atoms with Crippen LogP contribution in [0.5, 0.6) is 11.5 Å². The number of carbonyl (C=O) groups excluding carboxylic acids is 1. The normalized spacial score (nSPS) is 14.0. The molecule has 92 valence electrons. The molecule has 0 unspecified atom stereocenters. The van der Waals surface area contributed by atoms with Gasteiger partial charge in [-0.15, -0.1) is 0 Å². The number of ether oxygens (including phenoxy) is 2. The van der Waals surface area contributed by atoms with E-state index in [0.29, 0.717) is 36.0 Å². The fourth-order valence-corrected chi connectivity index (χ4v) is 1.84. The number of hydrogen-bond acceptors (Lipinski definition) is 4. The summed E-state index contributed by atoms with van der Waals surface area (Å²) in [6.45, 7) is 1.25. The highest BCUT2D eigenvalue weighted by atomic mass is 16.5. The monoisotopic (exact) mass is 244 g/mol. The van der Waals surface area contributed by atoms with E-state index in [9.17, 15) is 4.79 Å². The number of H-pyrrole nitrogens is 1. The van der Waals surface area contributed by atoms with Crippen LogP contribution in [0.15, 0.2) is 30.5 Å². The second kappa shape index (κ2) is 4.52. The summed E-state index contributed by atoms with van der Waals surface area (Å²) in [7, 11) is 0. The number of ketones is 1. The first-order chi connectivity index (χ1) is 8.84. The van der Waals surface area contributed by atoms with Crippen molar-refractivity contribution in [3.8, 4) is 11.5 Å². The second-order valence-electron chi connectivity index (χ2n) is 4.01. The third-order valence-electron chi connectivity index (χ3n) is 2.76. The molecule has 18 heavy (non-hydrogen) atoms. The SMILES string of the molecule is O=C(c1ccc2c(c1)OCCCO2)c1ccn[nH]1. The van der Waals surface area contributed by atoms with Crippen molar-refractivity contribution in [2.45, 2.75) is 6.42 Å². The van der Waals surface area contributed by atoms with Crippen molar-refractivity contribution in [1.82, 2.24) is 10.2 Å². The highest BCUT2D eigenvalue weighted by molar-refractivity contribution is 6.07. The number of nitrogens with zero attached hydrogens (tertiary/aromatic N) is 1. The number of rotatable bonds is 2. The first kappa shape index (κ1) is 10.8. The van der Waals surface area contributed by atoms with Gasteiger partial charge in [0, 0.05) is 18.2 Å².